The van der Waals surface area contributed by atoms with Gasteiger partial charge >= 0.3 is 5.56 Å². The van der Waals surface area contributed by atoms with Gasteiger partial charge in [0.1, 0.15) is 0 Å². The minimum Gasteiger partial charge on any atom is -0.367 e. The number of anilines is 1. The first-order valence-corrected chi connectivity index (χ1v) is 5.39. The fourth-order valence-corrected chi connectivity index (χ4v) is 2.26. The van der Waals surface area contributed by atoms with E-state index in [1.165, 1.54) is 0 Å². The summed E-state index contributed by atoms with van der Waals surface area (Å²) in [7, 11) is 0. The first-order chi connectivity index (χ1) is 8.25. The summed E-state index contributed by atoms with van der Waals surface area (Å²) in [5.41, 5.74) is 0.918. The molecule has 0 radical (unpaired) electrons. The van der Waals surface area contributed by atoms with E-state index >= 15 is 0 Å². The molecule has 5 heteroatoms. The lowest BCUT2D eigenvalue weighted by Gasteiger charge is -2.03. The number of hydrogen-bond donors (Lipinski definition) is 0. The Kier molecular flexibility index (Phi) is 1.39. The van der Waals surface area contributed by atoms with Gasteiger partial charge in [-0.05, 0) is 12.1 Å². The monoisotopic (exact) mass is 225 g/mol. The molecule has 1 aliphatic heterocycles. The fourth-order valence-electron chi connectivity index (χ4n) is 2.26. The van der Waals surface area contributed by atoms with Crippen LogP contribution in [0.25, 0.3) is 21.8 Å². The molecule has 1 fully saturated rings. The highest BCUT2D eigenvalue weighted by atomic mass is 16.2. The Morgan fingerprint density at radius 3 is 2.82 bits per heavy atom. The lowest BCUT2D eigenvalue weighted by molar-refractivity contribution is 1.34. The summed E-state index contributed by atoms with van der Waals surface area (Å²) in [5, 5.41) is 1.23. The van der Waals surface area contributed by atoms with Gasteiger partial charge in [-0.2, -0.15) is 0 Å². The lowest BCUT2D eigenvalue weighted by Crippen LogP contribution is -2.19. The van der Waals surface area contributed by atoms with Gasteiger partial charge in [-0.25, -0.2) is 4.98 Å². The topological polar surface area (TPSA) is 62.9 Å². The van der Waals surface area contributed by atoms with Gasteiger partial charge in [0, 0.05) is 24.7 Å². The Morgan fingerprint density at radius 1 is 1.24 bits per heavy atom. The maximum absolute atomic E-state index is 11.8. The first kappa shape index (κ1) is 8.81. The van der Waals surface area contributed by atoms with Crippen molar-refractivity contribution in [2.24, 2.45) is 0 Å². The predicted molar refractivity (Wildman–Crippen MR) is 64.2 cm³/mol. The molecular weight excluding hydrogens is 218 g/mol. The standard InChI is InChI=1S/C12H7N3O2/c16-11-9-8(15-3-4-15)5-7-6(1-2-13-7)10(9)14-12(11)17/h1-2,5H,3-4H2. The number of benzene rings is 1. The van der Waals surface area contributed by atoms with Crippen molar-refractivity contribution in [3.63, 3.8) is 0 Å². The molecule has 1 aromatic carbocycles. The van der Waals surface area contributed by atoms with Crippen LogP contribution in [-0.4, -0.2) is 23.1 Å². The summed E-state index contributed by atoms with van der Waals surface area (Å²) in [6, 6.07) is 3.66. The molecule has 0 bridgehead atoms. The average Bonchev–Trinajstić information content (AvgIpc) is 2.98. The Hall–Kier alpha value is -2.30. The number of nitrogens with zero attached hydrogens (tertiary/aromatic N) is 3. The maximum Gasteiger partial charge on any atom is 0.318 e. The van der Waals surface area contributed by atoms with Crippen molar-refractivity contribution in [3.8, 4) is 0 Å². The van der Waals surface area contributed by atoms with E-state index in [4.69, 9.17) is 0 Å². The van der Waals surface area contributed by atoms with Crippen LogP contribution in [0, 0.1) is 0 Å². The van der Waals surface area contributed by atoms with Crippen LogP contribution in [0.2, 0.25) is 0 Å². The summed E-state index contributed by atoms with van der Waals surface area (Å²) < 4.78 is 0. The van der Waals surface area contributed by atoms with Gasteiger partial charge in [0.25, 0.3) is 5.43 Å². The molecule has 5 nitrogen and oxygen atoms in total. The van der Waals surface area contributed by atoms with Gasteiger partial charge in [-0.3, -0.25) is 14.6 Å². The second-order valence-electron chi connectivity index (χ2n) is 4.23. The van der Waals surface area contributed by atoms with Crippen LogP contribution < -0.4 is 15.9 Å². The predicted octanol–water partition coefficient (Wildman–Crippen LogP) is 0.199. The van der Waals surface area contributed by atoms with Crippen LogP contribution in [0.4, 0.5) is 5.69 Å². The highest BCUT2D eigenvalue weighted by molar-refractivity contribution is 6.10. The quantitative estimate of drug-likeness (QED) is 0.437. The summed E-state index contributed by atoms with van der Waals surface area (Å²) in [5.74, 6) is 0. The molecule has 17 heavy (non-hydrogen) atoms. The third-order valence-corrected chi connectivity index (χ3v) is 3.17. The van der Waals surface area contributed by atoms with Crippen molar-refractivity contribution in [2.75, 3.05) is 18.0 Å². The van der Waals surface area contributed by atoms with E-state index in [1.54, 1.807) is 12.3 Å². The summed E-state index contributed by atoms with van der Waals surface area (Å²) >= 11 is 0. The summed E-state index contributed by atoms with van der Waals surface area (Å²) in [4.78, 5) is 33.4. The molecule has 3 heterocycles. The maximum atomic E-state index is 11.8. The number of fused-ring (bicyclic) bond motifs is 3. The zero-order chi connectivity index (χ0) is 11.6. The van der Waals surface area contributed by atoms with Gasteiger partial charge in [-0.15, -0.1) is 0 Å². The molecule has 1 saturated heterocycles. The minimum atomic E-state index is -0.670. The normalized spacial score (nSPS) is 14.9. The van der Waals surface area contributed by atoms with Gasteiger partial charge < -0.3 is 4.90 Å². The third-order valence-electron chi connectivity index (χ3n) is 3.17. The number of rotatable bonds is 1. The molecule has 82 valence electrons. The molecule has 0 unspecified atom stereocenters. The Bertz CT molecular complexity index is 842. The summed E-state index contributed by atoms with van der Waals surface area (Å²) in [6.45, 7) is 1.83. The van der Waals surface area contributed by atoms with Crippen molar-refractivity contribution in [1.29, 1.82) is 0 Å². The van der Waals surface area contributed by atoms with Crippen LogP contribution in [0.3, 0.4) is 0 Å². The van der Waals surface area contributed by atoms with Crippen LogP contribution in [0.15, 0.2) is 27.9 Å². The van der Waals surface area contributed by atoms with Crippen molar-refractivity contribution in [2.45, 2.75) is 0 Å². The molecule has 0 N–H and O–H groups in total. The lowest BCUT2D eigenvalue weighted by atomic mass is 10.1. The summed E-state index contributed by atoms with van der Waals surface area (Å²) in [6.07, 6.45) is 1.67. The minimum absolute atomic E-state index is 0.452. The largest absolute Gasteiger partial charge is 0.367 e. The molecule has 3 aromatic rings. The number of aromatic nitrogens is 2. The molecular formula is C12H7N3O2. The van der Waals surface area contributed by atoms with Gasteiger partial charge in [0.15, 0.2) is 0 Å². The molecule has 0 saturated carbocycles. The average molecular weight is 225 g/mol. The molecule has 1 aliphatic rings. The molecule has 0 atom stereocenters. The zero-order valence-electron chi connectivity index (χ0n) is 8.80. The van der Waals surface area contributed by atoms with Crippen molar-refractivity contribution >= 4 is 27.5 Å². The molecule has 4 rings (SSSR count). The van der Waals surface area contributed by atoms with Gasteiger partial charge in [0.05, 0.1) is 22.1 Å². The van der Waals surface area contributed by atoms with Gasteiger partial charge in [0.2, 0.25) is 0 Å². The Morgan fingerprint density at radius 2 is 2.06 bits per heavy atom. The van der Waals surface area contributed by atoms with E-state index in [2.05, 4.69) is 9.97 Å². The first-order valence-electron chi connectivity index (χ1n) is 5.39. The third kappa shape index (κ3) is 1.03. The Balaban J connectivity index is 2.34. The zero-order valence-corrected chi connectivity index (χ0v) is 8.80. The Labute approximate surface area is 95.0 Å². The van der Waals surface area contributed by atoms with Gasteiger partial charge in [-0.1, -0.05) is 0 Å². The molecule has 0 aliphatic carbocycles. The van der Waals surface area contributed by atoms with E-state index < -0.39 is 11.0 Å². The van der Waals surface area contributed by atoms with E-state index in [9.17, 15) is 9.59 Å². The van der Waals surface area contributed by atoms with Crippen LogP contribution in [0.5, 0.6) is 0 Å². The molecule has 0 spiro atoms. The second-order valence-corrected chi connectivity index (χ2v) is 4.23. The smallest absolute Gasteiger partial charge is 0.318 e. The molecule has 0 amide bonds. The van der Waals surface area contributed by atoms with Crippen molar-refractivity contribution in [1.82, 2.24) is 9.97 Å². The van der Waals surface area contributed by atoms with E-state index in [-0.39, 0.29) is 0 Å². The second kappa shape index (κ2) is 2.68. The fraction of sp³-hybridized carbons (Fsp3) is 0.167. The van der Waals surface area contributed by atoms with Crippen LogP contribution in [-0.2, 0) is 0 Å². The van der Waals surface area contributed by atoms with E-state index in [1.807, 2.05) is 11.0 Å². The SMILES string of the molecule is O=c1nc2c(c(N3CC3)cc3nccc32)c1=O. The molecule has 2 aromatic heterocycles. The highest BCUT2D eigenvalue weighted by Gasteiger charge is 2.25. The van der Waals surface area contributed by atoms with Crippen LogP contribution >= 0.6 is 0 Å². The van der Waals surface area contributed by atoms with Crippen LogP contribution in [0.1, 0.15) is 0 Å². The van der Waals surface area contributed by atoms with E-state index in [0.29, 0.717) is 10.9 Å². The van der Waals surface area contributed by atoms with Crippen molar-refractivity contribution in [3.05, 3.63) is 38.9 Å². The number of hydrogen-bond acceptors (Lipinski definition) is 5. The highest BCUT2D eigenvalue weighted by Crippen LogP contribution is 2.32. The van der Waals surface area contributed by atoms with E-state index in [0.717, 1.165) is 29.7 Å². The van der Waals surface area contributed by atoms with Crippen molar-refractivity contribution < 1.29 is 0 Å².